The standard InChI is InChI=1S/C19H25N3O2/c1-24-18-7-3-2-5-16(18)13-21-17-6-4-10-20-19(17)22-11-8-15(14-23)9-12-22/h2-7,10,15,21,23H,8-9,11-14H2,1H3. The zero-order chi connectivity index (χ0) is 16.8. The maximum atomic E-state index is 9.30. The number of aliphatic hydroxyl groups is 1. The second kappa shape index (κ2) is 8.02. The number of aliphatic hydroxyl groups excluding tert-OH is 1. The van der Waals surface area contributed by atoms with Gasteiger partial charge in [-0.3, -0.25) is 0 Å². The van der Waals surface area contributed by atoms with Gasteiger partial charge in [0.2, 0.25) is 0 Å². The van der Waals surface area contributed by atoms with E-state index in [4.69, 9.17) is 4.74 Å². The molecule has 1 aliphatic rings. The Morgan fingerprint density at radius 3 is 2.75 bits per heavy atom. The van der Waals surface area contributed by atoms with Crippen molar-refractivity contribution in [2.75, 3.05) is 37.0 Å². The summed E-state index contributed by atoms with van der Waals surface area (Å²) in [5.74, 6) is 2.30. The quantitative estimate of drug-likeness (QED) is 0.854. The van der Waals surface area contributed by atoms with Gasteiger partial charge in [-0.25, -0.2) is 4.98 Å². The molecule has 24 heavy (non-hydrogen) atoms. The molecule has 0 amide bonds. The van der Waals surface area contributed by atoms with Crippen molar-refractivity contribution < 1.29 is 9.84 Å². The zero-order valence-corrected chi connectivity index (χ0v) is 14.1. The first-order chi connectivity index (χ1) is 11.8. The van der Waals surface area contributed by atoms with Gasteiger partial charge in [0.1, 0.15) is 5.75 Å². The number of hydrogen-bond donors (Lipinski definition) is 2. The lowest BCUT2D eigenvalue weighted by Crippen LogP contribution is -2.35. The Hall–Kier alpha value is -2.27. The molecule has 2 N–H and O–H groups in total. The molecule has 1 saturated heterocycles. The first-order valence-corrected chi connectivity index (χ1v) is 8.48. The number of benzene rings is 1. The molecule has 3 rings (SSSR count). The monoisotopic (exact) mass is 327 g/mol. The number of hydrogen-bond acceptors (Lipinski definition) is 5. The van der Waals surface area contributed by atoms with E-state index in [-0.39, 0.29) is 6.61 Å². The number of anilines is 2. The second-order valence-corrected chi connectivity index (χ2v) is 6.15. The number of para-hydroxylation sites is 1. The van der Waals surface area contributed by atoms with Crippen LogP contribution in [0.3, 0.4) is 0 Å². The first-order valence-electron chi connectivity index (χ1n) is 8.48. The third kappa shape index (κ3) is 3.79. The summed E-state index contributed by atoms with van der Waals surface area (Å²) in [6.45, 7) is 2.85. The molecule has 1 aromatic heterocycles. The van der Waals surface area contributed by atoms with Gasteiger partial charge in [-0.1, -0.05) is 18.2 Å². The van der Waals surface area contributed by atoms with Crippen molar-refractivity contribution in [2.45, 2.75) is 19.4 Å². The summed E-state index contributed by atoms with van der Waals surface area (Å²) in [5, 5.41) is 12.8. The number of nitrogens with one attached hydrogen (secondary N) is 1. The third-order valence-corrected chi connectivity index (χ3v) is 4.62. The number of methoxy groups -OCH3 is 1. The summed E-state index contributed by atoms with van der Waals surface area (Å²) in [4.78, 5) is 6.88. The minimum atomic E-state index is 0.287. The summed E-state index contributed by atoms with van der Waals surface area (Å²) in [5.41, 5.74) is 2.15. The molecule has 2 aromatic rings. The second-order valence-electron chi connectivity index (χ2n) is 6.15. The zero-order valence-electron chi connectivity index (χ0n) is 14.1. The number of aromatic nitrogens is 1. The Kier molecular flexibility index (Phi) is 5.54. The number of piperidine rings is 1. The smallest absolute Gasteiger partial charge is 0.151 e. The minimum absolute atomic E-state index is 0.287. The third-order valence-electron chi connectivity index (χ3n) is 4.62. The van der Waals surface area contributed by atoms with Crippen molar-refractivity contribution in [1.82, 2.24) is 4.98 Å². The molecule has 1 aliphatic heterocycles. The Bertz CT molecular complexity index is 655. The summed E-state index contributed by atoms with van der Waals surface area (Å²) < 4.78 is 5.41. The fourth-order valence-electron chi connectivity index (χ4n) is 3.15. The summed E-state index contributed by atoms with van der Waals surface area (Å²) in [6, 6.07) is 12.0. The summed E-state index contributed by atoms with van der Waals surface area (Å²) in [7, 11) is 1.69. The lowest BCUT2D eigenvalue weighted by molar-refractivity contribution is 0.203. The van der Waals surface area contributed by atoms with Crippen LogP contribution in [-0.4, -0.2) is 36.9 Å². The highest BCUT2D eigenvalue weighted by Crippen LogP contribution is 2.28. The van der Waals surface area contributed by atoms with Crippen LogP contribution in [-0.2, 0) is 6.54 Å². The maximum Gasteiger partial charge on any atom is 0.151 e. The van der Waals surface area contributed by atoms with E-state index in [0.29, 0.717) is 12.5 Å². The highest BCUT2D eigenvalue weighted by molar-refractivity contribution is 5.65. The van der Waals surface area contributed by atoms with E-state index in [1.165, 1.54) is 0 Å². The number of pyridine rings is 1. The molecule has 1 fully saturated rings. The van der Waals surface area contributed by atoms with Gasteiger partial charge in [-0.15, -0.1) is 0 Å². The lowest BCUT2D eigenvalue weighted by Gasteiger charge is -2.33. The van der Waals surface area contributed by atoms with Gasteiger partial charge in [-0.2, -0.15) is 0 Å². The van der Waals surface area contributed by atoms with Crippen molar-refractivity contribution in [3.63, 3.8) is 0 Å². The Labute approximate surface area is 143 Å². The van der Waals surface area contributed by atoms with Crippen LogP contribution in [0.5, 0.6) is 5.75 Å². The van der Waals surface area contributed by atoms with E-state index in [9.17, 15) is 5.11 Å². The van der Waals surface area contributed by atoms with Gasteiger partial charge in [0.05, 0.1) is 12.8 Å². The summed E-state index contributed by atoms with van der Waals surface area (Å²) in [6.07, 6.45) is 3.86. The molecule has 2 heterocycles. The molecule has 0 spiro atoms. The molecule has 0 bridgehead atoms. The van der Waals surface area contributed by atoms with Crippen molar-refractivity contribution in [1.29, 1.82) is 0 Å². The van der Waals surface area contributed by atoms with Crippen LogP contribution in [0.4, 0.5) is 11.5 Å². The molecule has 0 saturated carbocycles. The van der Waals surface area contributed by atoms with Gasteiger partial charge >= 0.3 is 0 Å². The maximum absolute atomic E-state index is 9.30. The largest absolute Gasteiger partial charge is 0.496 e. The lowest BCUT2D eigenvalue weighted by atomic mass is 9.98. The van der Waals surface area contributed by atoms with E-state index in [0.717, 1.165) is 48.7 Å². The summed E-state index contributed by atoms with van der Waals surface area (Å²) >= 11 is 0. The van der Waals surface area contributed by atoms with Gasteiger partial charge in [0.15, 0.2) is 5.82 Å². The molecule has 0 atom stereocenters. The van der Waals surface area contributed by atoms with Crippen molar-refractivity contribution in [2.24, 2.45) is 5.92 Å². The van der Waals surface area contributed by atoms with Crippen molar-refractivity contribution >= 4 is 11.5 Å². The van der Waals surface area contributed by atoms with Gasteiger partial charge in [-0.05, 0) is 37.0 Å². The molecular weight excluding hydrogens is 302 g/mol. The van der Waals surface area contributed by atoms with Crippen LogP contribution >= 0.6 is 0 Å². The highest BCUT2D eigenvalue weighted by atomic mass is 16.5. The topological polar surface area (TPSA) is 57.6 Å². The van der Waals surface area contributed by atoms with Crippen LogP contribution in [0.1, 0.15) is 18.4 Å². The predicted octanol–water partition coefficient (Wildman–Crippen LogP) is 2.91. The van der Waals surface area contributed by atoms with E-state index in [2.05, 4.69) is 27.3 Å². The molecule has 0 unspecified atom stereocenters. The van der Waals surface area contributed by atoms with Crippen LogP contribution in [0.2, 0.25) is 0 Å². The average Bonchev–Trinajstić information content (AvgIpc) is 2.67. The fourth-order valence-corrected chi connectivity index (χ4v) is 3.15. The Balaban J connectivity index is 1.70. The SMILES string of the molecule is COc1ccccc1CNc1cccnc1N1CCC(CO)CC1. The van der Waals surface area contributed by atoms with Crippen molar-refractivity contribution in [3.8, 4) is 5.75 Å². The number of ether oxygens (including phenoxy) is 1. The van der Waals surface area contributed by atoms with Gasteiger partial charge < -0.3 is 20.1 Å². The van der Waals surface area contributed by atoms with Crippen LogP contribution in [0, 0.1) is 5.92 Å². The number of nitrogens with zero attached hydrogens (tertiary/aromatic N) is 2. The van der Waals surface area contributed by atoms with E-state index >= 15 is 0 Å². The molecule has 5 nitrogen and oxygen atoms in total. The normalized spacial score (nSPS) is 15.3. The molecule has 5 heteroatoms. The van der Waals surface area contributed by atoms with Crippen LogP contribution in [0.15, 0.2) is 42.6 Å². The highest BCUT2D eigenvalue weighted by Gasteiger charge is 2.21. The molecule has 128 valence electrons. The fraction of sp³-hybridized carbons (Fsp3) is 0.421. The Morgan fingerprint density at radius 1 is 1.21 bits per heavy atom. The predicted molar refractivity (Wildman–Crippen MR) is 96.6 cm³/mol. The Morgan fingerprint density at radius 2 is 2.00 bits per heavy atom. The average molecular weight is 327 g/mol. The van der Waals surface area contributed by atoms with Crippen LogP contribution < -0.4 is 15.0 Å². The number of rotatable bonds is 6. The van der Waals surface area contributed by atoms with Crippen LogP contribution in [0.25, 0.3) is 0 Å². The minimum Gasteiger partial charge on any atom is -0.496 e. The molecule has 0 aliphatic carbocycles. The molecule has 0 radical (unpaired) electrons. The molecule has 1 aromatic carbocycles. The van der Waals surface area contributed by atoms with Gasteiger partial charge in [0, 0.05) is 38.0 Å². The molecular formula is C19H25N3O2. The van der Waals surface area contributed by atoms with E-state index in [1.54, 1.807) is 7.11 Å². The van der Waals surface area contributed by atoms with Crippen molar-refractivity contribution in [3.05, 3.63) is 48.2 Å². The first kappa shape index (κ1) is 16.6. The van der Waals surface area contributed by atoms with Gasteiger partial charge in [0.25, 0.3) is 0 Å². The van der Waals surface area contributed by atoms with E-state index in [1.807, 2.05) is 30.5 Å². The van der Waals surface area contributed by atoms with E-state index < -0.39 is 0 Å².